The van der Waals surface area contributed by atoms with Crippen molar-refractivity contribution in [3.05, 3.63) is 30.5 Å². The Bertz CT molecular complexity index is 653. The van der Waals surface area contributed by atoms with Crippen molar-refractivity contribution in [3.63, 3.8) is 0 Å². The van der Waals surface area contributed by atoms with E-state index in [4.69, 9.17) is 5.73 Å². The number of thiophene rings is 1. The van der Waals surface area contributed by atoms with Gasteiger partial charge in [0, 0.05) is 13.2 Å². The van der Waals surface area contributed by atoms with Gasteiger partial charge in [0.2, 0.25) is 0 Å². The van der Waals surface area contributed by atoms with E-state index in [1.165, 1.54) is 11.3 Å². The normalized spacial score (nSPS) is 11.1. The van der Waals surface area contributed by atoms with Gasteiger partial charge in [-0.05, 0) is 24.3 Å². The number of rotatable bonds is 1. The van der Waals surface area contributed by atoms with Gasteiger partial charge in [-0.2, -0.15) is 0 Å². The number of aryl methyl sites for hydroxylation is 1. The minimum atomic E-state index is 0.770. The first kappa shape index (κ1) is 9.35. The molecule has 0 atom stereocenters. The summed E-state index contributed by atoms with van der Waals surface area (Å²) < 4.78 is 2.04. The molecule has 3 aromatic heterocycles. The standard InChI is InChI=1S/C11H10N4S/c1-15-7-3-2-6-13-10(7)14-11(15)8-4-5-9(12)16-8/h2-6H,12H2,1H3. The first-order chi connectivity index (χ1) is 7.75. The van der Waals surface area contributed by atoms with Crippen LogP contribution >= 0.6 is 11.3 Å². The van der Waals surface area contributed by atoms with Gasteiger partial charge in [0.25, 0.3) is 0 Å². The number of anilines is 1. The Hall–Kier alpha value is -1.88. The van der Waals surface area contributed by atoms with Crippen LogP contribution in [-0.4, -0.2) is 14.5 Å². The van der Waals surface area contributed by atoms with E-state index < -0.39 is 0 Å². The van der Waals surface area contributed by atoms with Crippen LogP contribution in [-0.2, 0) is 7.05 Å². The molecule has 3 heterocycles. The highest BCUT2D eigenvalue weighted by Gasteiger charge is 2.11. The molecule has 0 aliphatic heterocycles. The van der Waals surface area contributed by atoms with Gasteiger partial charge < -0.3 is 10.3 Å². The van der Waals surface area contributed by atoms with Gasteiger partial charge in [-0.1, -0.05) is 0 Å². The number of nitrogen functional groups attached to an aromatic ring is 1. The number of nitrogens with zero attached hydrogens (tertiary/aromatic N) is 3. The van der Waals surface area contributed by atoms with Crippen LogP contribution in [0.2, 0.25) is 0 Å². The van der Waals surface area contributed by atoms with Gasteiger partial charge in [0.05, 0.1) is 15.4 Å². The van der Waals surface area contributed by atoms with Gasteiger partial charge in [0.1, 0.15) is 0 Å². The fraction of sp³-hybridized carbons (Fsp3) is 0.0909. The third-order valence-corrected chi connectivity index (χ3v) is 3.41. The molecular weight excluding hydrogens is 220 g/mol. The molecule has 0 saturated heterocycles. The maximum Gasteiger partial charge on any atom is 0.178 e. The third-order valence-electron chi connectivity index (χ3n) is 2.50. The minimum absolute atomic E-state index is 0.770. The lowest BCUT2D eigenvalue weighted by Gasteiger charge is -1.97. The number of imidazole rings is 1. The van der Waals surface area contributed by atoms with Crippen molar-refractivity contribution >= 4 is 27.5 Å². The molecule has 0 bridgehead atoms. The van der Waals surface area contributed by atoms with E-state index in [1.807, 2.05) is 35.9 Å². The van der Waals surface area contributed by atoms with E-state index in [-0.39, 0.29) is 0 Å². The van der Waals surface area contributed by atoms with Crippen LogP contribution in [0, 0.1) is 0 Å². The molecule has 4 nitrogen and oxygen atoms in total. The minimum Gasteiger partial charge on any atom is -0.391 e. The van der Waals surface area contributed by atoms with Crippen LogP contribution in [0.1, 0.15) is 0 Å². The zero-order chi connectivity index (χ0) is 11.1. The van der Waals surface area contributed by atoms with Gasteiger partial charge >= 0.3 is 0 Å². The number of aromatic nitrogens is 3. The second kappa shape index (κ2) is 3.31. The molecule has 0 aliphatic rings. The first-order valence-corrected chi connectivity index (χ1v) is 5.70. The summed E-state index contributed by atoms with van der Waals surface area (Å²) in [6.45, 7) is 0. The number of pyridine rings is 1. The number of nitrogens with two attached hydrogens (primary N) is 1. The molecule has 3 rings (SSSR count). The predicted molar refractivity (Wildman–Crippen MR) is 66.2 cm³/mol. The fourth-order valence-electron chi connectivity index (χ4n) is 1.72. The summed E-state index contributed by atoms with van der Waals surface area (Å²) in [5.74, 6) is 0.912. The Morgan fingerprint density at radius 1 is 1.31 bits per heavy atom. The SMILES string of the molecule is Cn1c(-c2ccc(N)s2)nc2ncccc21. The zero-order valence-electron chi connectivity index (χ0n) is 8.71. The molecule has 0 aliphatic carbocycles. The van der Waals surface area contributed by atoms with Gasteiger partial charge in [-0.3, -0.25) is 0 Å². The van der Waals surface area contributed by atoms with Crippen LogP contribution in [0.15, 0.2) is 30.5 Å². The molecule has 0 fully saturated rings. The predicted octanol–water partition coefficient (Wildman–Crippen LogP) is 2.28. The van der Waals surface area contributed by atoms with E-state index in [1.54, 1.807) is 6.20 Å². The summed E-state index contributed by atoms with van der Waals surface area (Å²) in [5.41, 5.74) is 7.53. The molecular formula is C11H10N4S. The Morgan fingerprint density at radius 3 is 2.88 bits per heavy atom. The van der Waals surface area contributed by atoms with Gasteiger partial charge in [-0.15, -0.1) is 11.3 Å². The molecule has 80 valence electrons. The van der Waals surface area contributed by atoms with Crippen molar-refractivity contribution in [2.24, 2.45) is 7.05 Å². The Kier molecular flexibility index (Phi) is 1.94. The molecule has 0 amide bonds. The van der Waals surface area contributed by atoms with Gasteiger partial charge in [-0.25, -0.2) is 9.97 Å². The number of hydrogen-bond acceptors (Lipinski definition) is 4. The van der Waals surface area contributed by atoms with Crippen LogP contribution < -0.4 is 5.73 Å². The number of fused-ring (bicyclic) bond motifs is 1. The van der Waals surface area contributed by atoms with Crippen molar-refractivity contribution < 1.29 is 0 Å². The average molecular weight is 230 g/mol. The monoisotopic (exact) mass is 230 g/mol. The topological polar surface area (TPSA) is 56.7 Å². The lowest BCUT2D eigenvalue weighted by molar-refractivity contribution is 0.963. The van der Waals surface area contributed by atoms with Crippen molar-refractivity contribution in [2.45, 2.75) is 0 Å². The van der Waals surface area contributed by atoms with Crippen molar-refractivity contribution in [1.82, 2.24) is 14.5 Å². The van der Waals surface area contributed by atoms with Crippen LogP contribution in [0.5, 0.6) is 0 Å². The first-order valence-electron chi connectivity index (χ1n) is 4.89. The summed E-state index contributed by atoms with van der Waals surface area (Å²) in [6.07, 6.45) is 1.75. The number of hydrogen-bond donors (Lipinski definition) is 1. The molecule has 5 heteroatoms. The van der Waals surface area contributed by atoms with Crippen LogP contribution in [0.4, 0.5) is 5.00 Å². The van der Waals surface area contributed by atoms with Crippen molar-refractivity contribution in [3.8, 4) is 10.7 Å². The molecule has 16 heavy (non-hydrogen) atoms. The van der Waals surface area contributed by atoms with E-state index >= 15 is 0 Å². The Labute approximate surface area is 96.4 Å². The molecule has 2 N–H and O–H groups in total. The maximum absolute atomic E-state index is 5.73. The summed E-state index contributed by atoms with van der Waals surface area (Å²) in [4.78, 5) is 9.81. The van der Waals surface area contributed by atoms with E-state index in [0.29, 0.717) is 0 Å². The highest BCUT2D eigenvalue weighted by Crippen LogP contribution is 2.30. The molecule has 0 saturated carbocycles. The highest BCUT2D eigenvalue weighted by molar-refractivity contribution is 7.19. The second-order valence-corrected chi connectivity index (χ2v) is 4.66. The summed E-state index contributed by atoms with van der Waals surface area (Å²) in [5, 5.41) is 0.801. The third kappa shape index (κ3) is 1.29. The molecule has 0 unspecified atom stereocenters. The highest BCUT2D eigenvalue weighted by atomic mass is 32.1. The summed E-state index contributed by atoms with van der Waals surface area (Å²) in [7, 11) is 1.99. The lowest BCUT2D eigenvalue weighted by Crippen LogP contribution is -1.90. The van der Waals surface area contributed by atoms with Crippen LogP contribution in [0.25, 0.3) is 21.9 Å². The van der Waals surface area contributed by atoms with E-state index in [9.17, 15) is 0 Å². The molecule has 3 aromatic rings. The quantitative estimate of drug-likeness (QED) is 0.697. The van der Waals surface area contributed by atoms with Crippen molar-refractivity contribution in [1.29, 1.82) is 0 Å². The van der Waals surface area contributed by atoms with Crippen LogP contribution in [0.3, 0.4) is 0 Å². The second-order valence-electron chi connectivity index (χ2n) is 3.54. The van der Waals surface area contributed by atoms with Crippen molar-refractivity contribution in [2.75, 3.05) is 5.73 Å². The summed E-state index contributed by atoms with van der Waals surface area (Å²) >= 11 is 1.54. The van der Waals surface area contributed by atoms with E-state index in [2.05, 4.69) is 9.97 Å². The fourth-order valence-corrected chi connectivity index (χ4v) is 2.52. The maximum atomic E-state index is 5.73. The molecule has 0 spiro atoms. The smallest absolute Gasteiger partial charge is 0.178 e. The zero-order valence-corrected chi connectivity index (χ0v) is 9.53. The van der Waals surface area contributed by atoms with E-state index in [0.717, 1.165) is 26.9 Å². The molecule has 0 radical (unpaired) electrons. The lowest BCUT2D eigenvalue weighted by atomic mass is 10.4. The van der Waals surface area contributed by atoms with Gasteiger partial charge in [0.15, 0.2) is 11.5 Å². The molecule has 0 aromatic carbocycles. The largest absolute Gasteiger partial charge is 0.391 e. The Morgan fingerprint density at radius 2 is 2.19 bits per heavy atom. The Balaban J connectivity index is 2.28. The summed E-state index contributed by atoms with van der Waals surface area (Å²) in [6, 6.07) is 7.81. The average Bonchev–Trinajstić information content (AvgIpc) is 2.84.